The molecular formula is C14H21NO5S. The van der Waals surface area contributed by atoms with Crippen LogP contribution in [0.1, 0.15) is 25.0 Å². The first kappa shape index (κ1) is 17.6. The van der Waals surface area contributed by atoms with Crippen molar-refractivity contribution in [2.24, 2.45) is 0 Å². The molecule has 0 atom stereocenters. The van der Waals surface area contributed by atoms with E-state index in [0.717, 1.165) is 11.1 Å². The molecule has 0 fully saturated rings. The van der Waals surface area contributed by atoms with Crippen LogP contribution in [0.15, 0.2) is 18.2 Å². The number of nitrogens with zero attached hydrogens (tertiary/aromatic N) is 1. The lowest BCUT2D eigenvalue weighted by Gasteiger charge is -2.26. The molecule has 1 amide bonds. The van der Waals surface area contributed by atoms with Gasteiger partial charge < -0.3 is 4.74 Å². The number of methoxy groups -OCH3 is 1. The van der Waals surface area contributed by atoms with Crippen molar-refractivity contribution in [2.45, 2.75) is 26.7 Å². The predicted octanol–water partition coefficient (Wildman–Crippen LogP) is 1.64. The molecule has 0 aliphatic carbocycles. The van der Waals surface area contributed by atoms with Crippen LogP contribution < -0.4 is 4.90 Å². The van der Waals surface area contributed by atoms with E-state index in [2.05, 4.69) is 0 Å². The number of anilines is 1. The number of rotatable bonds is 7. The molecule has 0 radical (unpaired) electrons. The van der Waals surface area contributed by atoms with E-state index >= 15 is 0 Å². The van der Waals surface area contributed by atoms with Crippen molar-refractivity contribution >= 4 is 21.7 Å². The average molecular weight is 315 g/mol. The van der Waals surface area contributed by atoms with Crippen LogP contribution in [-0.4, -0.2) is 38.5 Å². The van der Waals surface area contributed by atoms with Crippen molar-refractivity contribution in [2.75, 3.05) is 24.5 Å². The Morgan fingerprint density at radius 1 is 1.24 bits per heavy atom. The third kappa shape index (κ3) is 4.80. The van der Waals surface area contributed by atoms with Gasteiger partial charge in [0, 0.05) is 7.11 Å². The zero-order chi connectivity index (χ0) is 16.0. The molecule has 6 nitrogen and oxygen atoms in total. The number of ether oxygens (including phenoxy) is 1. The van der Waals surface area contributed by atoms with E-state index in [0.29, 0.717) is 18.5 Å². The predicted molar refractivity (Wildman–Crippen MR) is 81.0 cm³/mol. The molecule has 118 valence electrons. The van der Waals surface area contributed by atoms with Crippen LogP contribution >= 0.6 is 0 Å². The number of hydrogen-bond donors (Lipinski definition) is 1. The maximum atomic E-state index is 12.2. The molecule has 0 aromatic heterocycles. The lowest BCUT2D eigenvalue weighted by Crippen LogP contribution is -2.38. The van der Waals surface area contributed by atoms with Crippen molar-refractivity contribution in [3.8, 4) is 0 Å². The van der Waals surface area contributed by atoms with Gasteiger partial charge in [-0.2, -0.15) is 8.42 Å². The van der Waals surface area contributed by atoms with Gasteiger partial charge in [0.25, 0.3) is 10.1 Å². The number of aryl methyl sites for hydroxylation is 2. The van der Waals surface area contributed by atoms with Gasteiger partial charge in [-0.25, -0.2) is 0 Å². The second-order valence-corrected chi connectivity index (χ2v) is 6.05. The molecular weight excluding hydrogens is 294 g/mol. The molecule has 0 heterocycles. The van der Waals surface area contributed by atoms with E-state index in [-0.39, 0.29) is 6.73 Å². The Bertz CT molecular complexity index is 575. The summed E-state index contributed by atoms with van der Waals surface area (Å²) in [7, 11) is -2.96. The van der Waals surface area contributed by atoms with Gasteiger partial charge in [-0.1, -0.05) is 32.0 Å². The largest absolute Gasteiger partial charge is 0.364 e. The quantitative estimate of drug-likeness (QED) is 0.611. The van der Waals surface area contributed by atoms with E-state index in [1.54, 1.807) is 0 Å². The van der Waals surface area contributed by atoms with Crippen LogP contribution in [0.5, 0.6) is 0 Å². The van der Waals surface area contributed by atoms with Crippen molar-refractivity contribution in [1.82, 2.24) is 0 Å². The van der Waals surface area contributed by atoms with E-state index in [1.807, 2.05) is 32.0 Å². The topological polar surface area (TPSA) is 83.9 Å². The summed E-state index contributed by atoms with van der Waals surface area (Å²) in [6, 6.07) is 5.68. The first-order valence-electron chi connectivity index (χ1n) is 6.69. The highest BCUT2D eigenvalue weighted by molar-refractivity contribution is 7.86. The maximum absolute atomic E-state index is 12.2. The van der Waals surface area contributed by atoms with Crippen LogP contribution in [0, 0.1) is 0 Å². The number of amides is 1. The van der Waals surface area contributed by atoms with Gasteiger partial charge in [0.1, 0.15) is 6.73 Å². The summed E-state index contributed by atoms with van der Waals surface area (Å²) in [5, 5.41) is 0. The lowest BCUT2D eigenvalue weighted by molar-refractivity contribution is -0.117. The van der Waals surface area contributed by atoms with Gasteiger partial charge in [0.05, 0.1) is 5.69 Å². The number of para-hydroxylation sites is 1. The summed E-state index contributed by atoms with van der Waals surface area (Å²) in [6.07, 6.45) is 1.39. The SMILES string of the molecule is CCc1cccc(CC)c1N(COC)C(=O)CS(=O)(=O)O. The Morgan fingerprint density at radius 2 is 1.76 bits per heavy atom. The second-order valence-electron chi connectivity index (χ2n) is 4.60. The number of hydrogen-bond acceptors (Lipinski definition) is 4. The number of carbonyl (C=O) groups excluding carboxylic acids is 1. The molecule has 0 aliphatic heterocycles. The summed E-state index contributed by atoms with van der Waals surface area (Å²) >= 11 is 0. The van der Waals surface area contributed by atoms with E-state index < -0.39 is 21.8 Å². The Balaban J connectivity index is 3.31. The average Bonchev–Trinajstić information content (AvgIpc) is 2.42. The highest BCUT2D eigenvalue weighted by Crippen LogP contribution is 2.27. The number of carbonyl (C=O) groups is 1. The fraction of sp³-hybridized carbons (Fsp3) is 0.500. The molecule has 1 aromatic rings. The minimum atomic E-state index is -4.38. The molecule has 0 aliphatic rings. The first-order chi connectivity index (χ1) is 9.84. The Morgan fingerprint density at radius 3 is 2.14 bits per heavy atom. The van der Waals surface area contributed by atoms with Crippen molar-refractivity contribution in [3.05, 3.63) is 29.3 Å². The number of benzene rings is 1. The fourth-order valence-electron chi connectivity index (χ4n) is 2.19. The van der Waals surface area contributed by atoms with Gasteiger partial charge in [-0.15, -0.1) is 0 Å². The van der Waals surface area contributed by atoms with Gasteiger partial charge in [0.15, 0.2) is 5.75 Å². The molecule has 0 spiro atoms. The van der Waals surface area contributed by atoms with Crippen LogP contribution in [0.3, 0.4) is 0 Å². The van der Waals surface area contributed by atoms with Crippen LogP contribution in [0.2, 0.25) is 0 Å². The summed E-state index contributed by atoms with van der Waals surface area (Å²) in [6.45, 7) is 3.84. The van der Waals surface area contributed by atoms with Gasteiger partial charge in [0.2, 0.25) is 5.91 Å². The highest BCUT2D eigenvalue weighted by atomic mass is 32.2. The molecule has 0 saturated carbocycles. The van der Waals surface area contributed by atoms with Crippen LogP contribution in [0.4, 0.5) is 5.69 Å². The maximum Gasteiger partial charge on any atom is 0.274 e. The molecule has 7 heteroatoms. The lowest BCUT2D eigenvalue weighted by atomic mass is 10.0. The van der Waals surface area contributed by atoms with Crippen LogP contribution in [-0.2, 0) is 32.5 Å². The summed E-state index contributed by atoms with van der Waals surface area (Å²) in [4.78, 5) is 13.5. The molecule has 1 aromatic carbocycles. The Kier molecular flexibility index (Phi) is 6.32. The second kappa shape index (κ2) is 7.53. The normalized spacial score (nSPS) is 11.4. The molecule has 0 unspecified atom stereocenters. The zero-order valence-electron chi connectivity index (χ0n) is 12.5. The van der Waals surface area contributed by atoms with Gasteiger partial charge in [-0.05, 0) is 24.0 Å². The van der Waals surface area contributed by atoms with Gasteiger partial charge >= 0.3 is 0 Å². The van der Waals surface area contributed by atoms with E-state index in [4.69, 9.17) is 9.29 Å². The summed E-state index contributed by atoms with van der Waals surface area (Å²) in [5.41, 5.74) is 2.52. The smallest absolute Gasteiger partial charge is 0.274 e. The zero-order valence-corrected chi connectivity index (χ0v) is 13.3. The first-order valence-corrected chi connectivity index (χ1v) is 8.30. The van der Waals surface area contributed by atoms with Crippen molar-refractivity contribution in [1.29, 1.82) is 0 Å². The standard InChI is InChI=1S/C14H21NO5S/c1-4-11-7-6-8-12(5-2)14(11)15(10-20-3)13(16)9-21(17,18)19/h6-8H,4-5,9-10H2,1-3H3,(H,17,18,19). The molecule has 0 saturated heterocycles. The van der Waals surface area contributed by atoms with Crippen molar-refractivity contribution in [3.63, 3.8) is 0 Å². The molecule has 0 bridgehead atoms. The molecule has 21 heavy (non-hydrogen) atoms. The summed E-state index contributed by atoms with van der Waals surface area (Å²) in [5.74, 6) is -1.67. The van der Waals surface area contributed by atoms with Crippen LogP contribution in [0.25, 0.3) is 0 Å². The minimum Gasteiger partial charge on any atom is -0.364 e. The third-order valence-corrected chi connectivity index (χ3v) is 3.71. The fourth-order valence-corrected chi connectivity index (χ4v) is 2.65. The summed E-state index contributed by atoms with van der Waals surface area (Å²) < 4.78 is 35.8. The van der Waals surface area contributed by atoms with E-state index in [9.17, 15) is 13.2 Å². The molecule has 1 rings (SSSR count). The molecule has 1 N–H and O–H groups in total. The Labute approximate surface area is 125 Å². The third-order valence-electron chi connectivity index (χ3n) is 3.10. The van der Waals surface area contributed by atoms with E-state index in [1.165, 1.54) is 12.0 Å². The minimum absolute atomic E-state index is 0.0711. The van der Waals surface area contributed by atoms with Gasteiger partial charge in [-0.3, -0.25) is 14.2 Å². The Hall–Kier alpha value is -1.44. The van der Waals surface area contributed by atoms with Crippen molar-refractivity contribution < 1.29 is 22.5 Å². The monoisotopic (exact) mass is 315 g/mol. The highest BCUT2D eigenvalue weighted by Gasteiger charge is 2.24.